The van der Waals surface area contributed by atoms with Crippen LogP contribution >= 0.6 is 0 Å². The molecule has 2 atom stereocenters. The Labute approximate surface area is 252 Å². The van der Waals surface area contributed by atoms with Crippen LogP contribution in [0.2, 0.25) is 0 Å². The number of nitrogens with one attached hydrogen (secondary N) is 2. The van der Waals surface area contributed by atoms with Crippen molar-refractivity contribution >= 4 is 17.1 Å². The van der Waals surface area contributed by atoms with E-state index in [1.165, 1.54) is 33.5 Å². The first-order valence-electron chi connectivity index (χ1n) is 15.0. The predicted octanol–water partition coefficient (Wildman–Crippen LogP) is 9.02. The fourth-order valence-electron chi connectivity index (χ4n) is 5.69. The Balaban J connectivity index is 1.34. The van der Waals surface area contributed by atoms with Crippen molar-refractivity contribution in [3.63, 3.8) is 0 Å². The summed E-state index contributed by atoms with van der Waals surface area (Å²) in [5.41, 5.74) is 10.1. The first-order valence-corrected chi connectivity index (χ1v) is 15.0. The first-order chi connectivity index (χ1) is 20.4. The maximum atomic E-state index is 3.69. The molecule has 5 aromatic rings. The average molecular weight is 554 g/mol. The van der Waals surface area contributed by atoms with Crippen molar-refractivity contribution in [2.24, 2.45) is 0 Å². The molecule has 0 saturated heterocycles. The molecule has 0 bridgehead atoms. The molecule has 0 radical (unpaired) electrons. The molecule has 0 spiro atoms. The molecule has 0 saturated carbocycles. The summed E-state index contributed by atoms with van der Waals surface area (Å²) >= 11 is 0. The Morgan fingerprint density at radius 1 is 0.476 bits per heavy atom. The lowest BCUT2D eigenvalue weighted by Crippen LogP contribution is -2.18. The van der Waals surface area contributed by atoms with E-state index >= 15 is 0 Å². The minimum absolute atomic E-state index is 0.146. The normalized spacial score (nSPS) is 13.1. The molecule has 0 amide bonds. The summed E-state index contributed by atoms with van der Waals surface area (Å²) < 4.78 is 0. The van der Waals surface area contributed by atoms with Gasteiger partial charge in [-0.05, 0) is 90.9 Å². The SMILES string of the molecule is CC(Cc1ccccc1)Nc1ccc(C(c2ccc(NC(C)Cc3ccccc3)cc2)c2ccc(N(C)C)cc2)cc1. The van der Waals surface area contributed by atoms with E-state index in [0.717, 1.165) is 24.2 Å². The number of nitrogens with zero attached hydrogens (tertiary/aromatic N) is 1. The summed E-state index contributed by atoms with van der Waals surface area (Å²) in [5.74, 6) is 0.146. The Bertz CT molecular complexity index is 1400. The second-order valence-corrected chi connectivity index (χ2v) is 11.6. The van der Waals surface area contributed by atoms with Crippen LogP contribution in [0.1, 0.15) is 47.6 Å². The van der Waals surface area contributed by atoms with Gasteiger partial charge in [-0.1, -0.05) is 97.1 Å². The average Bonchev–Trinajstić information content (AvgIpc) is 3.00. The standard InChI is InChI=1S/C39H43N3/c1-29(27-31-11-7-5-8-12-31)40-36-21-15-33(16-22-36)39(35-19-25-38(26-20-35)42(3)4)34-17-23-37(24-18-34)41-30(2)28-32-13-9-6-10-14-32/h5-26,29-30,39-41H,27-28H2,1-4H3. The van der Waals surface area contributed by atoms with Gasteiger partial charge in [-0.2, -0.15) is 0 Å². The molecule has 3 heteroatoms. The summed E-state index contributed by atoms with van der Waals surface area (Å²) in [4.78, 5) is 2.15. The highest BCUT2D eigenvalue weighted by atomic mass is 15.1. The molecule has 0 aliphatic rings. The van der Waals surface area contributed by atoms with Gasteiger partial charge in [0.25, 0.3) is 0 Å². The van der Waals surface area contributed by atoms with E-state index in [2.05, 4.69) is 177 Å². The highest BCUT2D eigenvalue weighted by molar-refractivity contribution is 5.55. The van der Waals surface area contributed by atoms with Crippen LogP contribution < -0.4 is 15.5 Å². The minimum atomic E-state index is 0.146. The molecule has 42 heavy (non-hydrogen) atoms. The summed E-state index contributed by atoms with van der Waals surface area (Å²) in [5, 5.41) is 7.37. The van der Waals surface area contributed by atoms with E-state index < -0.39 is 0 Å². The van der Waals surface area contributed by atoms with Gasteiger partial charge in [-0.15, -0.1) is 0 Å². The fraction of sp³-hybridized carbons (Fsp3) is 0.231. The monoisotopic (exact) mass is 553 g/mol. The van der Waals surface area contributed by atoms with E-state index in [1.807, 2.05) is 0 Å². The molecule has 3 nitrogen and oxygen atoms in total. The third-order valence-electron chi connectivity index (χ3n) is 7.83. The van der Waals surface area contributed by atoms with E-state index in [9.17, 15) is 0 Å². The maximum Gasteiger partial charge on any atom is 0.0361 e. The molecule has 214 valence electrons. The third kappa shape index (κ3) is 7.82. The van der Waals surface area contributed by atoms with Crippen molar-refractivity contribution in [3.05, 3.63) is 161 Å². The number of benzene rings is 5. The van der Waals surface area contributed by atoms with Crippen molar-refractivity contribution in [2.75, 3.05) is 29.6 Å². The third-order valence-corrected chi connectivity index (χ3v) is 7.83. The number of anilines is 3. The Morgan fingerprint density at radius 3 is 1.19 bits per heavy atom. The van der Waals surface area contributed by atoms with Crippen LogP contribution in [0, 0.1) is 0 Å². The van der Waals surface area contributed by atoms with Gasteiger partial charge in [0.15, 0.2) is 0 Å². The van der Waals surface area contributed by atoms with E-state index in [-0.39, 0.29) is 5.92 Å². The zero-order chi connectivity index (χ0) is 29.3. The molecule has 0 heterocycles. The summed E-state index contributed by atoms with van der Waals surface area (Å²) in [6, 6.07) is 49.0. The molecule has 0 aromatic heterocycles. The van der Waals surface area contributed by atoms with Crippen LogP contribution in [0.4, 0.5) is 17.1 Å². The maximum absolute atomic E-state index is 3.69. The number of hydrogen-bond acceptors (Lipinski definition) is 3. The second-order valence-electron chi connectivity index (χ2n) is 11.6. The zero-order valence-corrected chi connectivity index (χ0v) is 25.3. The van der Waals surface area contributed by atoms with E-state index in [1.54, 1.807) is 0 Å². The van der Waals surface area contributed by atoms with Crippen LogP contribution in [-0.2, 0) is 12.8 Å². The summed E-state index contributed by atoms with van der Waals surface area (Å²) in [7, 11) is 4.17. The summed E-state index contributed by atoms with van der Waals surface area (Å²) in [6.45, 7) is 4.48. The molecule has 5 rings (SSSR count). The highest BCUT2D eigenvalue weighted by Gasteiger charge is 2.18. The lowest BCUT2D eigenvalue weighted by molar-refractivity contribution is 0.790. The fourth-order valence-corrected chi connectivity index (χ4v) is 5.69. The van der Waals surface area contributed by atoms with Crippen molar-refractivity contribution in [2.45, 2.75) is 44.7 Å². The van der Waals surface area contributed by atoms with Gasteiger partial charge >= 0.3 is 0 Å². The molecule has 5 aromatic carbocycles. The van der Waals surface area contributed by atoms with Crippen LogP contribution in [0.15, 0.2) is 133 Å². The molecule has 0 aliphatic carbocycles. The highest BCUT2D eigenvalue weighted by Crippen LogP contribution is 2.34. The molecular weight excluding hydrogens is 510 g/mol. The molecule has 2 N–H and O–H groups in total. The van der Waals surface area contributed by atoms with Crippen LogP contribution in [0.25, 0.3) is 0 Å². The Hall–Kier alpha value is -4.50. The summed E-state index contributed by atoms with van der Waals surface area (Å²) in [6.07, 6.45) is 1.99. The number of rotatable bonds is 12. The Morgan fingerprint density at radius 2 is 0.833 bits per heavy atom. The van der Waals surface area contributed by atoms with E-state index in [4.69, 9.17) is 0 Å². The minimum Gasteiger partial charge on any atom is -0.382 e. The van der Waals surface area contributed by atoms with Gasteiger partial charge < -0.3 is 15.5 Å². The van der Waals surface area contributed by atoms with Gasteiger partial charge in [-0.25, -0.2) is 0 Å². The van der Waals surface area contributed by atoms with Gasteiger partial charge in [0.05, 0.1) is 0 Å². The smallest absolute Gasteiger partial charge is 0.0361 e. The van der Waals surface area contributed by atoms with Crippen molar-refractivity contribution in [1.82, 2.24) is 0 Å². The quantitative estimate of drug-likeness (QED) is 0.151. The number of hydrogen-bond donors (Lipinski definition) is 2. The molecule has 0 aliphatic heterocycles. The van der Waals surface area contributed by atoms with Crippen LogP contribution in [0.3, 0.4) is 0 Å². The molecule has 0 fully saturated rings. The van der Waals surface area contributed by atoms with Gasteiger partial charge in [-0.3, -0.25) is 0 Å². The van der Waals surface area contributed by atoms with Crippen molar-refractivity contribution in [1.29, 1.82) is 0 Å². The lowest BCUT2D eigenvalue weighted by Gasteiger charge is -2.22. The molecule has 2 unspecified atom stereocenters. The van der Waals surface area contributed by atoms with E-state index in [0.29, 0.717) is 12.1 Å². The van der Waals surface area contributed by atoms with Crippen molar-refractivity contribution < 1.29 is 0 Å². The molecular formula is C39H43N3. The second kappa shape index (κ2) is 13.9. The first kappa shape index (κ1) is 29.0. The van der Waals surface area contributed by atoms with Crippen LogP contribution in [-0.4, -0.2) is 26.2 Å². The van der Waals surface area contributed by atoms with Crippen molar-refractivity contribution in [3.8, 4) is 0 Å². The van der Waals surface area contributed by atoms with Gasteiger partial charge in [0.2, 0.25) is 0 Å². The van der Waals surface area contributed by atoms with Gasteiger partial charge in [0.1, 0.15) is 0 Å². The topological polar surface area (TPSA) is 27.3 Å². The lowest BCUT2D eigenvalue weighted by atomic mass is 9.85. The largest absolute Gasteiger partial charge is 0.382 e. The Kier molecular flexibility index (Phi) is 9.61. The van der Waals surface area contributed by atoms with Crippen LogP contribution in [0.5, 0.6) is 0 Å². The zero-order valence-electron chi connectivity index (χ0n) is 25.3. The predicted molar refractivity (Wildman–Crippen MR) is 181 cm³/mol. The van der Waals surface area contributed by atoms with Gasteiger partial charge in [0, 0.05) is 49.2 Å².